The van der Waals surface area contributed by atoms with E-state index in [0.29, 0.717) is 44.5 Å². The highest BCUT2D eigenvalue weighted by Gasteiger charge is 2.26. The van der Waals surface area contributed by atoms with Crippen LogP contribution < -0.4 is 5.32 Å². The minimum Gasteiger partial charge on any atom is -0.383 e. The van der Waals surface area contributed by atoms with Crippen LogP contribution in [0.1, 0.15) is 40.2 Å². The van der Waals surface area contributed by atoms with Gasteiger partial charge in [-0.25, -0.2) is 4.39 Å². The summed E-state index contributed by atoms with van der Waals surface area (Å²) in [6.45, 7) is 5.75. The van der Waals surface area contributed by atoms with Crippen molar-refractivity contribution in [1.82, 2.24) is 20.0 Å². The van der Waals surface area contributed by atoms with E-state index in [0.717, 1.165) is 55.7 Å². The van der Waals surface area contributed by atoms with Gasteiger partial charge in [-0.05, 0) is 49.5 Å². The first-order valence-corrected chi connectivity index (χ1v) is 11.0. The number of rotatable bonds is 8. The highest BCUT2D eigenvalue weighted by atomic mass is 19.1. The van der Waals surface area contributed by atoms with Crippen molar-refractivity contribution in [3.8, 4) is 0 Å². The number of piperidine rings is 1. The number of methoxy groups -OCH3 is 1. The number of nitrogens with one attached hydrogen (secondary N) is 1. The van der Waals surface area contributed by atoms with Crippen LogP contribution in [-0.4, -0.2) is 60.5 Å². The second-order valence-electron chi connectivity index (χ2n) is 8.35. The molecule has 2 aliphatic heterocycles. The average Bonchev–Trinajstić information content (AvgIpc) is 3.17. The van der Waals surface area contributed by atoms with Crippen LogP contribution in [0, 0.1) is 11.7 Å². The fourth-order valence-corrected chi connectivity index (χ4v) is 4.37. The van der Waals surface area contributed by atoms with Crippen LogP contribution in [0.15, 0.2) is 24.3 Å². The summed E-state index contributed by atoms with van der Waals surface area (Å²) in [6.07, 6.45) is 2.84. The number of aromatic nitrogens is 2. The second kappa shape index (κ2) is 10.3. The van der Waals surface area contributed by atoms with Crippen LogP contribution >= 0.6 is 0 Å². The number of halogens is 1. The number of benzene rings is 1. The van der Waals surface area contributed by atoms with E-state index < -0.39 is 0 Å². The van der Waals surface area contributed by atoms with Gasteiger partial charge in [0, 0.05) is 37.9 Å². The number of likely N-dealkylation sites (tertiary alicyclic amines) is 1. The van der Waals surface area contributed by atoms with E-state index in [1.165, 1.54) is 12.1 Å². The van der Waals surface area contributed by atoms with Gasteiger partial charge in [-0.3, -0.25) is 14.4 Å². The summed E-state index contributed by atoms with van der Waals surface area (Å²) in [6, 6.07) is 6.71. The first-order chi connectivity index (χ1) is 15.1. The first-order valence-electron chi connectivity index (χ1n) is 11.0. The molecule has 1 N–H and O–H groups in total. The number of carbonyl (C=O) groups is 1. The molecule has 4 rings (SSSR count). The van der Waals surface area contributed by atoms with Gasteiger partial charge in [-0.2, -0.15) is 5.10 Å². The number of amides is 1. The van der Waals surface area contributed by atoms with E-state index in [1.807, 2.05) is 16.8 Å². The highest BCUT2D eigenvalue weighted by Crippen LogP contribution is 2.22. The second-order valence-corrected chi connectivity index (χ2v) is 8.35. The molecule has 1 saturated heterocycles. The third-order valence-corrected chi connectivity index (χ3v) is 6.20. The van der Waals surface area contributed by atoms with Gasteiger partial charge in [-0.1, -0.05) is 12.1 Å². The highest BCUT2D eigenvalue weighted by molar-refractivity contribution is 5.94. The molecule has 168 valence electrons. The van der Waals surface area contributed by atoms with Crippen LogP contribution in [0.4, 0.5) is 4.39 Å². The molecule has 2 aliphatic rings. The Hall–Kier alpha value is -2.29. The number of hydrogen-bond acceptors (Lipinski definition) is 5. The van der Waals surface area contributed by atoms with Crippen molar-refractivity contribution < 1.29 is 18.7 Å². The smallest absolute Gasteiger partial charge is 0.272 e. The number of fused-ring (bicyclic) bond motifs is 1. The maximum Gasteiger partial charge on any atom is 0.272 e. The van der Waals surface area contributed by atoms with E-state index >= 15 is 0 Å². The standard InChI is InChI=1S/C23H31FN4O3/c1-30-13-11-28-21-8-12-31-16-20(21)22(26-28)23(29)25-14-17-6-9-27(10-7-17)15-18-2-4-19(24)5-3-18/h2-5,17H,6-16H2,1H3,(H,25,29). The van der Waals surface area contributed by atoms with Crippen LogP contribution in [0.25, 0.3) is 0 Å². The van der Waals surface area contributed by atoms with Crippen molar-refractivity contribution >= 4 is 5.91 Å². The quantitative estimate of drug-likeness (QED) is 0.697. The summed E-state index contributed by atoms with van der Waals surface area (Å²) >= 11 is 0. The van der Waals surface area contributed by atoms with E-state index in [1.54, 1.807) is 7.11 Å². The van der Waals surface area contributed by atoms with Gasteiger partial charge >= 0.3 is 0 Å². The van der Waals surface area contributed by atoms with Gasteiger partial charge in [0.25, 0.3) is 5.91 Å². The fraction of sp³-hybridized carbons (Fsp3) is 0.565. The number of nitrogens with zero attached hydrogens (tertiary/aromatic N) is 3. The van der Waals surface area contributed by atoms with Crippen molar-refractivity contribution in [1.29, 1.82) is 0 Å². The van der Waals surface area contributed by atoms with Crippen molar-refractivity contribution in [2.45, 2.75) is 39.0 Å². The predicted molar refractivity (Wildman–Crippen MR) is 114 cm³/mol. The van der Waals surface area contributed by atoms with Crippen LogP contribution in [0.5, 0.6) is 0 Å². The lowest BCUT2D eigenvalue weighted by atomic mass is 9.96. The Bertz CT molecular complexity index is 876. The Morgan fingerprint density at radius 1 is 1.29 bits per heavy atom. The van der Waals surface area contributed by atoms with Crippen molar-refractivity contribution in [3.05, 3.63) is 52.6 Å². The Morgan fingerprint density at radius 3 is 2.81 bits per heavy atom. The van der Waals surface area contributed by atoms with Crippen molar-refractivity contribution in [2.24, 2.45) is 5.92 Å². The number of carbonyl (C=O) groups excluding carboxylic acids is 1. The molecule has 0 atom stereocenters. The third-order valence-electron chi connectivity index (χ3n) is 6.20. The molecule has 2 aromatic rings. The molecule has 0 bridgehead atoms. The topological polar surface area (TPSA) is 68.6 Å². The number of hydrogen-bond donors (Lipinski definition) is 1. The van der Waals surface area contributed by atoms with Crippen LogP contribution in [0.2, 0.25) is 0 Å². The van der Waals surface area contributed by atoms with E-state index in [2.05, 4.69) is 15.3 Å². The van der Waals surface area contributed by atoms with Gasteiger partial charge in [0.2, 0.25) is 0 Å². The summed E-state index contributed by atoms with van der Waals surface area (Å²) in [5, 5.41) is 7.67. The van der Waals surface area contributed by atoms with E-state index in [-0.39, 0.29) is 11.7 Å². The van der Waals surface area contributed by atoms with Gasteiger partial charge in [0.1, 0.15) is 5.82 Å². The lowest BCUT2D eigenvalue weighted by molar-refractivity contribution is 0.0908. The molecule has 0 aliphatic carbocycles. The SMILES string of the molecule is COCCn1nc(C(=O)NCC2CCN(Cc3ccc(F)cc3)CC2)c2c1CCOC2. The molecule has 0 saturated carbocycles. The molecule has 7 nitrogen and oxygen atoms in total. The Morgan fingerprint density at radius 2 is 2.06 bits per heavy atom. The first kappa shape index (κ1) is 21.9. The Balaban J connectivity index is 1.28. The molecule has 31 heavy (non-hydrogen) atoms. The van der Waals surface area contributed by atoms with Crippen molar-refractivity contribution in [3.63, 3.8) is 0 Å². The van der Waals surface area contributed by atoms with Crippen LogP contribution in [-0.2, 0) is 35.6 Å². The van der Waals surface area contributed by atoms with Gasteiger partial charge < -0.3 is 14.8 Å². The summed E-state index contributed by atoms with van der Waals surface area (Å²) in [5.41, 5.74) is 3.61. The molecule has 1 aromatic heterocycles. The summed E-state index contributed by atoms with van der Waals surface area (Å²) in [4.78, 5) is 15.3. The molecule has 1 fully saturated rings. The molecule has 0 radical (unpaired) electrons. The normalized spacial score (nSPS) is 17.5. The minimum atomic E-state index is -0.199. The molecule has 0 unspecified atom stereocenters. The monoisotopic (exact) mass is 430 g/mol. The summed E-state index contributed by atoms with van der Waals surface area (Å²) in [5.74, 6) is 0.136. The fourth-order valence-electron chi connectivity index (χ4n) is 4.37. The Kier molecular flexibility index (Phi) is 7.32. The van der Waals surface area contributed by atoms with Crippen LogP contribution in [0.3, 0.4) is 0 Å². The van der Waals surface area contributed by atoms with Gasteiger partial charge in [0.05, 0.1) is 26.4 Å². The molecule has 1 amide bonds. The summed E-state index contributed by atoms with van der Waals surface area (Å²) < 4.78 is 25.7. The zero-order chi connectivity index (χ0) is 21.6. The average molecular weight is 431 g/mol. The maximum atomic E-state index is 13.1. The zero-order valence-electron chi connectivity index (χ0n) is 18.1. The van der Waals surface area contributed by atoms with Gasteiger partial charge in [0.15, 0.2) is 5.69 Å². The predicted octanol–water partition coefficient (Wildman–Crippen LogP) is 2.38. The number of ether oxygens (including phenoxy) is 2. The van der Waals surface area contributed by atoms with E-state index in [4.69, 9.17) is 9.47 Å². The molecule has 0 spiro atoms. The third kappa shape index (κ3) is 5.50. The lowest BCUT2D eigenvalue weighted by Gasteiger charge is -2.32. The molecule has 3 heterocycles. The minimum absolute atomic E-state index is 0.119. The maximum absolute atomic E-state index is 13.1. The van der Waals surface area contributed by atoms with E-state index in [9.17, 15) is 9.18 Å². The molecule has 1 aromatic carbocycles. The molecule has 8 heteroatoms. The van der Waals surface area contributed by atoms with Gasteiger partial charge in [-0.15, -0.1) is 0 Å². The molecular weight excluding hydrogens is 399 g/mol. The zero-order valence-corrected chi connectivity index (χ0v) is 18.1. The van der Waals surface area contributed by atoms with Crippen molar-refractivity contribution in [2.75, 3.05) is 40.0 Å². The largest absolute Gasteiger partial charge is 0.383 e. The Labute approximate surface area is 182 Å². The molecular formula is C23H31FN4O3. The lowest BCUT2D eigenvalue weighted by Crippen LogP contribution is -2.38. The summed E-state index contributed by atoms with van der Waals surface area (Å²) in [7, 11) is 1.66.